The third kappa shape index (κ3) is 4.73. The molecule has 0 aromatic carbocycles. The average molecular weight is 320 g/mol. The molecule has 2 amide bonds. The summed E-state index contributed by atoms with van der Waals surface area (Å²) in [6.07, 6.45) is 1.13. The van der Waals surface area contributed by atoms with Crippen LogP contribution >= 0.6 is 0 Å². The summed E-state index contributed by atoms with van der Waals surface area (Å²) in [6, 6.07) is 2.65. The first kappa shape index (κ1) is 16.9. The van der Waals surface area contributed by atoms with E-state index in [4.69, 9.17) is 0 Å². The lowest BCUT2D eigenvalue weighted by Crippen LogP contribution is -2.37. The summed E-state index contributed by atoms with van der Waals surface area (Å²) in [5.74, 6) is -0.329. The highest BCUT2D eigenvalue weighted by Crippen LogP contribution is 2.09. The van der Waals surface area contributed by atoms with Gasteiger partial charge in [-0.05, 0) is 19.4 Å². The van der Waals surface area contributed by atoms with Crippen LogP contribution in [0.25, 0.3) is 0 Å². The first-order valence-electron chi connectivity index (χ1n) is 7.59. The smallest absolute Gasteiger partial charge is 0.274 e. The van der Waals surface area contributed by atoms with Gasteiger partial charge in [-0.25, -0.2) is 5.10 Å². The normalized spacial score (nSPS) is 15.2. The molecule has 1 aliphatic heterocycles. The zero-order valence-electron chi connectivity index (χ0n) is 13.1. The van der Waals surface area contributed by atoms with Gasteiger partial charge in [0.25, 0.3) is 11.5 Å². The summed E-state index contributed by atoms with van der Waals surface area (Å²) in [4.78, 5) is 49.7. The van der Waals surface area contributed by atoms with Gasteiger partial charge < -0.3 is 14.6 Å². The lowest BCUT2D eigenvalue weighted by molar-refractivity contribution is -0.132. The number of carbonyl (C=O) groups excluding carboxylic acids is 3. The van der Waals surface area contributed by atoms with Gasteiger partial charge in [0.15, 0.2) is 0 Å². The van der Waals surface area contributed by atoms with Gasteiger partial charge in [0, 0.05) is 45.1 Å². The first-order valence-corrected chi connectivity index (χ1v) is 7.59. The minimum absolute atomic E-state index is 0.00544. The molecule has 8 heteroatoms. The topological polar surface area (TPSA) is 103 Å². The molecule has 1 aromatic rings. The van der Waals surface area contributed by atoms with Crippen LogP contribution in [0.4, 0.5) is 0 Å². The third-order valence-electron chi connectivity index (χ3n) is 3.72. The highest BCUT2D eigenvalue weighted by molar-refractivity contribution is 5.92. The van der Waals surface area contributed by atoms with E-state index in [2.05, 4.69) is 10.2 Å². The number of aromatic nitrogens is 2. The number of hydrogen-bond acceptors (Lipinski definition) is 5. The molecule has 0 radical (unpaired) electrons. The van der Waals surface area contributed by atoms with E-state index in [1.807, 2.05) is 0 Å². The maximum atomic E-state index is 12.3. The lowest BCUT2D eigenvalue weighted by Gasteiger charge is -2.21. The molecule has 0 aliphatic carbocycles. The Kier molecular flexibility index (Phi) is 5.61. The molecule has 23 heavy (non-hydrogen) atoms. The molecule has 8 nitrogen and oxygen atoms in total. The van der Waals surface area contributed by atoms with Crippen molar-refractivity contribution >= 4 is 17.6 Å². The van der Waals surface area contributed by atoms with Crippen molar-refractivity contribution in [2.75, 3.05) is 26.2 Å². The molecule has 0 unspecified atom stereocenters. The monoisotopic (exact) mass is 320 g/mol. The van der Waals surface area contributed by atoms with Crippen LogP contribution < -0.4 is 5.56 Å². The Morgan fingerprint density at radius 3 is 2.43 bits per heavy atom. The SMILES string of the molecule is CC(=O)CCC(=O)N1CCCN(C(=O)c2ccc(=O)[nH]n2)CC1. The van der Waals surface area contributed by atoms with Crippen LogP contribution in [0, 0.1) is 0 Å². The number of ketones is 1. The molecule has 0 spiro atoms. The van der Waals surface area contributed by atoms with E-state index in [1.165, 1.54) is 19.1 Å². The minimum Gasteiger partial charge on any atom is -0.341 e. The molecule has 2 rings (SSSR count). The minimum atomic E-state index is -0.361. The van der Waals surface area contributed by atoms with Crippen molar-refractivity contribution in [3.8, 4) is 0 Å². The molecule has 0 atom stereocenters. The predicted molar refractivity (Wildman–Crippen MR) is 81.9 cm³/mol. The van der Waals surface area contributed by atoms with Gasteiger partial charge in [-0.1, -0.05) is 0 Å². The number of H-pyrrole nitrogens is 1. The quantitative estimate of drug-likeness (QED) is 0.828. The van der Waals surface area contributed by atoms with E-state index in [-0.39, 0.29) is 41.7 Å². The van der Waals surface area contributed by atoms with Crippen LogP contribution in [0.3, 0.4) is 0 Å². The summed E-state index contributed by atoms with van der Waals surface area (Å²) in [5, 5.41) is 5.98. The summed E-state index contributed by atoms with van der Waals surface area (Å²) in [7, 11) is 0. The van der Waals surface area contributed by atoms with Crippen molar-refractivity contribution in [3.05, 3.63) is 28.2 Å². The standard InChI is InChI=1S/C15H20N4O4/c1-11(20)3-6-14(22)18-7-2-8-19(10-9-18)15(23)12-4-5-13(21)17-16-12/h4-5H,2-3,6-10H2,1H3,(H,17,21). The zero-order chi connectivity index (χ0) is 16.8. The van der Waals surface area contributed by atoms with Crippen molar-refractivity contribution in [2.24, 2.45) is 0 Å². The second-order valence-electron chi connectivity index (χ2n) is 5.53. The van der Waals surface area contributed by atoms with Crippen molar-refractivity contribution in [1.82, 2.24) is 20.0 Å². The lowest BCUT2D eigenvalue weighted by atomic mass is 10.2. The Bertz CT molecular complexity index is 635. The molecule has 1 aliphatic rings. The van der Waals surface area contributed by atoms with Gasteiger partial charge in [-0.15, -0.1) is 0 Å². The fraction of sp³-hybridized carbons (Fsp3) is 0.533. The van der Waals surface area contributed by atoms with E-state index in [1.54, 1.807) is 9.80 Å². The third-order valence-corrected chi connectivity index (χ3v) is 3.72. The van der Waals surface area contributed by atoms with E-state index >= 15 is 0 Å². The van der Waals surface area contributed by atoms with Crippen molar-refractivity contribution in [1.29, 1.82) is 0 Å². The number of Topliss-reactive ketones (excluding diaryl/α,β-unsaturated/α-hetero) is 1. The van der Waals surface area contributed by atoms with Gasteiger partial charge in [-0.2, -0.15) is 5.10 Å². The predicted octanol–water partition coefficient (Wildman–Crippen LogP) is -0.186. The number of aromatic amines is 1. The van der Waals surface area contributed by atoms with E-state index < -0.39 is 0 Å². The molecule has 1 fully saturated rings. The van der Waals surface area contributed by atoms with Crippen LogP contribution in [-0.4, -0.2) is 63.8 Å². The molecular weight excluding hydrogens is 300 g/mol. The summed E-state index contributed by atoms with van der Waals surface area (Å²) < 4.78 is 0. The van der Waals surface area contributed by atoms with Gasteiger partial charge in [0.05, 0.1) is 0 Å². The van der Waals surface area contributed by atoms with Crippen molar-refractivity contribution in [2.45, 2.75) is 26.2 Å². The molecular formula is C15H20N4O4. The highest BCUT2D eigenvalue weighted by atomic mass is 16.2. The van der Waals surface area contributed by atoms with Gasteiger partial charge in [0.1, 0.15) is 11.5 Å². The van der Waals surface area contributed by atoms with Gasteiger partial charge >= 0.3 is 0 Å². The highest BCUT2D eigenvalue weighted by Gasteiger charge is 2.23. The van der Waals surface area contributed by atoms with Crippen molar-refractivity contribution < 1.29 is 14.4 Å². The van der Waals surface area contributed by atoms with Crippen LogP contribution in [-0.2, 0) is 9.59 Å². The van der Waals surface area contributed by atoms with Crippen LogP contribution in [0.15, 0.2) is 16.9 Å². The Balaban J connectivity index is 1.94. The fourth-order valence-corrected chi connectivity index (χ4v) is 2.44. The number of carbonyl (C=O) groups is 3. The zero-order valence-corrected chi connectivity index (χ0v) is 13.1. The first-order chi connectivity index (χ1) is 11.0. The van der Waals surface area contributed by atoms with E-state index in [0.29, 0.717) is 32.6 Å². The number of rotatable bonds is 4. The summed E-state index contributed by atoms with van der Waals surface area (Å²) in [5.41, 5.74) is -0.180. The molecule has 1 saturated heterocycles. The summed E-state index contributed by atoms with van der Waals surface area (Å²) in [6.45, 7) is 3.40. The largest absolute Gasteiger partial charge is 0.341 e. The maximum Gasteiger partial charge on any atom is 0.274 e. The molecule has 0 saturated carbocycles. The maximum absolute atomic E-state index is 12.3. The molecule has 1 aromatic heterocycles. The number of nitrogens with zero attached hydrogens (tertiary/aromatic N) is 3. The number of hydrogen-bond donors (Lipinski definition) is 1. The second-order valence-corrected chi connectivity index (χ2v) is 5.53. The van der Waals surface area contributed by atoms with Crippen molar-refractivity contribution in [3.63, 3.8) is 0 Å². The Hall–Kier alpha value is -2.51. The fourth-order valence-electron chi connectivity index (χ4n) is 2.44. The molecule has 2 heterocycles. The number of nitrogens with one attached hydrogen (secondary N) is 1. The van der Waals surface area contributed by atoms with Crippen LogP contribution in [0.1, 0.15) is 36.7 Å². The van der Waals surface area contributed by atoms with E-state index in [9.17, 15) is 19.2 Å². The van der Waals surface area contributed by atoms with Crippen LogP contribution in [0.2, 0.25) is 0 Å². The van der Waals surface area contributed by atoms with Gasteiger partial charge in [-0.3, -0.25) is 14.4 Å². The Morgan fingerprint density at radius 2 is 1.78 bits per heavy atom. The van der Waals surface area contributed by atoms with E-state index in [0.717, 1.165) is 0 Å². The molecule has 124 valence electrons. The summed E-state index contributed by atoms with van der Waals surface area (Å²) >= 11 is 0. The molecule has 0 bridgehead atoms. The second kappa shape index (κ2) is 7.66. The molecule has 1 N–H and O–H groups in total. The Morgan fingerprint density at radius 1 is 1.09 bits per heavy atom. The van der Waals surface area contributed by atoms with Gasteiger partial charge in [0.2, 0.25) is 5.91 Å². The van der Waals surface area contributed by atoms with Crippen LogP contribution in [0.5, 0.6) is 0 Å². The number of amides is 2. The Labute approximate surface area is 133 Å². The average Bonchev–Trinajstić information content (AvgIpc) is 2.78.